The number of pyridine rings is 1. The van der Waals surface area contributed by atoms with E-state index in [1.54, 1.807) is 13.1 Å². The molecule has 0 bridgehead atoms. The highest BCUT2D eigenvalue weighted by Gasteiger charge is 2.00. The van der Waals surface area contributed by atoms with Crippen molar-refractivity contribution in [3.05, 3.63) is 30.1 Å². The van der Waals surface area contributed by atoms with E-state index in [1.165, 1.54) is 0 Å². The first kappa shape index (κ1) is 14.6. The number of rotatable bonds is 9. The predicted molar refractivity (Wildman–Crippen MR) is 68.3 cm³/mol. The summed E-state index contributed by atoms with van der Waals surface area (Å²) in [6.45, 7) is 4.25. The number of esters is 1. The number of ether oxygens (including phenoxy) is 2. The van der Waals surface area contributed by atoms with Crippen LogP contribution in [0.1, 0.15) is 12.6 Å². The van der Waals surface area contributed by atoms with Gasteiger partial charge in [-0.2, -0.15) is 0 Å². The quantitative estimate of drug-likeness (QED) is 0.520. The Labute approximate surface area is 108 Å². The van der Waals surface area contributed by atoms with E-state index in [1.807, 2.05) is 18.2 Å². The molecule has 0 spiro atoms. The van der Waals surface area contributed by atoms with Gasteiger partial charge in [-0.05, 0) is 19.1 Å². The zero-order valence-electron chi connectivity index (χ0n) is 10.7. The van der Waals surface area contributed by atoms with Gasteiger partial charge in [0.05, 0.1) is 13.2 Å². The number of hydrogen-bond donors (Lipinski definition) is 1. The molecule has 0 aromatic carbocycles. The van der Waals surface area contributed by atoms with Crippen molar-refractivity contribution in [3.63, 3.8) is 0 Å². The second-order valence-electron chi connectivity index (χ2n) is 3.68. The van der Waals surface area contributed by atoms with Gasteiger partial charge in [0.15, 0.2) is 0 Å². The Morgan fingerprint density at radius 2 is 2.28 bits per heavy atom. The van der Waals surface area contributed by atoms with Gasteiger partial charge in [0, 0.05) is 31.4 Å². The van der Waals surface area contributed by atoms with Crippen LogP contribution in [0.2, 0.25) is 0 Å². The second-order valence-corrected chi connectivity index (χ2v) is 3.68. The molecule has 0 unspecified atom stereocenters. The van der Waals surface area contributed by atoms with Crippen LogP contribution in [0.4, 0.5) is 0 Å². The van der Waals surface area contributed by atoms with E-state index in [0.29, 0.717) is 19.8 Å². The van der Waals surface area contributed by atoms with Crippen molar-refractivity contribution in [3.8, 4) is 0 Å². The van der Waals surface area contributed by atoms with Crippen molar-refractivity contribution in [2.24, 2.45) is 0 Å². The van der Waals surface area contributed by atoms with Crippen molar-refractivity contribution in [1.29, 1.82) is 0 Å². The maximum Gasteiger partial charge on any atom is 0.332 e. The summed E-state index contributed by atoms with van der Waals surface area (Å²) >= 11 is 0. The smallest absolute Gasteiger partial charge is 0.332 e. The maximum absolute atomic E-state index is 10.9. The number of aromatic nitrogens is 1. The molecule has 0 aliphatic heterocycles. The maximum atomic E-state index is 10.9. The topological polar surface area (TPSA) is 60.5 Å². The zero-order chi connectivity index (χ0) is 13.1. The van der Waals surface area contributed by atoms with E-state index in [0.717, 1.165) is 18.7 Å². The minimum Gasteiger partial charge on any atom is -0.464 e. The largest absolute Gasteiger partial charge is 0.464 e. The lowest BCUT2D eigenvalue weighted by molar-refractivity contribution is -0.148. The zero-order valence-corrected chi connectivity index (χ0v) is 10.7. The van der Waals surface area contributed by atoms with Crippen LogP contribution in [-0.4, -0.2) is 43.9 Å². The SMILES string of the molecule is CCOC(=O)COCCNCCc1ccccn1. The highest BCUT2D eigenvalue weighted by molar-refractivity contribution is 5.70. The van der Waals surface area contributed by atoms with Gasteiger partial charge in [-0.3, -0.25) is 4.98 Å². The van der Waals surface area contributed by atoms with Gasteiger partial charge in [0.25, 0.3) is 0 Å². The molecule has 0 saturated heterocycles. The number of hydrogen-bond acceptors (Lipinski definition) is 5. The minimum absolute atomic E-state index is 0.0236. The van der Waals surface area contributed by atoms with E-state index in [9.17, 15) is 4.79 Å². The first-order valence-electron chi connectivity index (χ1n) is 6.17. The summed E-state index contributed by atoms with van der Waals surface area (Å²) < 4.78 is 9.88. The Balaban J connectivity index is 1.92. The number of nitrogens with zero attached hydrogens (tertiary/aromatic N) is 1. The van der Waals surface area contributed by atoms with Crippen LogP contribution < -0.4 is 5.32 Å². The minimum atomic E-state index is -0.314. The van der Waals surface area contributed by atoms with Crippen molar-refractivity contribution in [2.45, 2.75) is 13.3 Å². The molecular formula is C13H20N2O3. The normalized spacial score (nSPS) is 10.3. The first-order chi connectivity index (χ1) is 8.83. The van der Waals surface area contributed by atoms with Gasteiger partial charge >= 0.3 is 5.97 Å². The third kappa shape index (κ3) is 6.98. The summed E-state index contributed by atoms with van der Waals surface area (Å²) in [5.41, 5.74) is 1.07. The van der Waals surface area contributed by atoms with Gasteiger partial charge in [0.2, 0.25) is 0 Å². The first-order valence-corrected chi connectivity index (χ1v) is 6.17. The Hall–Kier alpha value is -1.46. The van der Waals surface area contributed by atoms with Crippen molar-refractivity contribution >= 4 is 5.97 Å². The Morgan fingerprint density at radius 3 is 3.00 bits per heavy atom. The average molecular weight is 252 g/mol. The summed E-state index contributed by atoms with van der Waals surface area (Å²) in [6, 6.07) is 5.88. The molecule has 0 aliphatic carbocycles. The summed E-state index contributed by atoms with van der Waals surface area (Å²) in [6.07, 6.45) is 2.68. The Bertz CT molecular complexity index is 330. The molecule has 1 heterocycles. The van der Waals surface area contributed by atoms with Gasteiger partial charge in [0.1, 0.15) is 6.61 Å². The molecule has 1 N–H and O–H groups in total. The van der Waals surface area contributed by atoms with E-state index in [-0.39, 0.29) is 12.6 Å². The van der Waals surface area contributed by atoms with Gasteiger partial charge in [-0.1, -0.05) is 6.07 Å². The highest BCUT2D eigenvalue weighted by atomic mass is 16.6. The van der Waals surface area contributed by atoms with Crippen LogP contribution in [0.5, 0.6) is 0 Å². The molecule has 18 heavy (non-hydrogen) atoms. The fraction of sp³-hybridized carbons (Fsp3) is 0.538. The average Bonchev–Trinajstić information content (AvgIpc) is 2.39. The number of nitrogens with one attached hydrogen (secondary N) is 1. The Morgan fingerprint density at radius 1 is 1.39 bits per heavy atom. The molecule has 0 amide bonds. The van der Waals surface area contributed by atoms with Crippen LogP contribution >= 0.6 is 0 Å². The Kier molecular flexibility index (Phi) is 7.75. The lowest BCUT2D eigenvalue weighted by atomic mass is 10.3. The lowest BCUT2D eigenvalue weighted by Crippen LogP contribution is -2.24. The van der Waals surface area contributed by atoms with Crippen molar-refractivity contribution in [2.75, 3.05) is 32.9 Å². The van der Waals surface area contributed by atoms with Crippen LogP contribution in [0, 0.1) is 0 Å². The van der Waals surface area contributed by atoms with E-state index in [4.69, 9.17) is 9.47 Å². The van der Waals surface area contributed by atoms with Crippen LogP contribution in [0.25, 0.3) is 0 Å². The van der Waals surface area contributed by atoms with Gasteiger partial charge in [-0.25, -0.2) is 4.79 Å². The molecule has 0 atom stereocenters. The highest BCUT2D eigenvalue weighted by Crippen LogP contribution is 1.92. The molecule has 0 fully saturated rings. The van der Waals surface area contributed by atoms with Crippen molar-refractivity contribution < 1.29 is 14.3 Å². The number of carbonyl (C=O) groups excluding carboxylic acids is 1. The molecule has 0 radical (unpaired) electrons. The van der Waals surface area contributed by atoms with E-state index < -0.39 is 0 Å². The van der Waals surface area contributed by atoms with E-state index in [2.05, 4.69) is 10.3 Å². The molecular weight excluding hydrogens is 232 g/mol. The fourth-order valence-corrected chi connectivity index (χ4v) is 1.39. The third-order valence-corrected chi connectivity index (χ3v) is 2.23. The molecule has 5 heteroatoms. The molecule has 0 aliphatic rings. The summed E-state index contributed by atoms with van der Waals surface area (Å²) in [4.78, 5) is 15.2. The molecule has 1 aromatic rings. The molecule has 1 aromatic heterocycles. The summed E-state index contributed by atoms with van der Waals surface area (Å²) in [5, 5.41) is 3.22. The molecule has 1 rings (SSSR count). The van der Waals surface area contributed by atoms with Crippen LogP contribution in [-0.2, 0) is 20.7 Å². The standard InChI is InChI=1S/C13H20N2O3/c1-2-18-13(16)11-17-10-9-14-8-6-12-5-3-4-7-15-12/h3-5,7,14H,2,6,8-11H2,1H3. The summed E-state index contributed by atoms with van der Waals surface area (Å²) in [7, 11) is 0. The molecule has 100 valence electrons. The number of carbonyl (C=O) groups is 1. The van der Waals surface area contributed by atoms with Crippen LogP contribution in [0.15, 0.2) is 24.4 Å². The lowest BCUT2D eigenvalue weighted by Gasteiger charge is -2.05. The fourth-order valence-electron chi connectivity index (χ4n) is 1.39. The van der Waals surface area contributed by atoms with Crippen molar-refractivity contribution in [1.82, 2.24) is 10.3 Å². The molecule has 5 nitrogen and oxygen atoms in total. The van der Waals surface area contributed by atoms with Crippen LogP contribution in [0.3, 0.4) is 0 Å². The van der Waals surface area contributed by atoms with E-state index >= 15 is 0 Å². The van der Waals surface area contributed by atoms with Gasteiger partial charge < -0.3 is 14.8 Å². The second kappa shape index (κ2) is 9.56. The summed E-state index contributed by atoms with van der Waals surface area (Å²) in [5.74, 6) is -0.314. The predicted octanol–water partition coefficient (Wildman–Crippen LogP) is 0.793. The van der Waals surface area contributed by atoms with Gasteiger partial charge in [-0.15, -0.1) is 0 Å². The monoisotopic (exact) mass is 252 g/mol. The third-order valence-electron chi connectivity index (χ3n) is 2.23. The molecule has 0 saturated carbocycles.